The maximum absolute atomic E-state index is 13.6. The predicted molar refractivity (Wildman–Crippen MR) is 76.1 cm³/mol. The number of hydrogen-bond donors (Lipinski definition) is 3. The van der Waals surface area contributed by atoms with Gasteiger partial charge in [-0.3, -0.25) is 10.1 Å². The number of rotatable bonds is 4. The number of hydrazine groups is 1. The molecular formula is C11H9BrFN5O2. The molecule has 7 nitrogen and oxygen atoms in total. The molecule has 0 unspecified atom stereocenters. The molecule has 0 aliphatic rings. The van der Waals surface area contributed by atoms with Gasteiger partial charge in [0.05, 0.1) is 22.7 Å². The molecule has 4 N–H and O–H groups in total. The lowest BCUT2D eigenvalue weighted by molar-refractivity contribution is -0.384. The lowest BCUT2D eigenvalue weighted by Crippen LogP contribution is -2.10. The highest BCUT2D eigenvalue weighted by Crippen LogP contribution is 2.26. The van der Waals surface area contributed by atoms with Crippen LogP contribution in [0.4, 0.5) is 27.4 Å². The molecule has 0 aliphatic heterocycles. The zero-order valence-corrected chi connectivity index (χ0v) is 11.5. The highest BCUT2D eigenvalue weighted by atomic mass is 79.9. The van der Waals surface area contributed by atoms with Crippen LogP contribution in [0.3, 0.4) is 0 Å². The van der Waals surface area contributed by atoms with Crippen molar-refractivity contribution >= 4 is 38.9 Å². The number of hydrogen-bond acceptors (Lipinski definition) is 6. The quantitative estimate of drug-likeness (QED) is 0.448. The zero-order valence-electron chi connectivity index (χ0n) is 9.93. The van der Waals surface area contributed by atoms with Crippen LogP contribution in [0.1, 0.15) is 0 Å². The van der Waals surface area contributed by atoms with E-state index in [1.165, 1.54) is 30.3 Å². The van der Waals surface area contributed by atoms with Crippen molar-refractivity contribution in [2.24, 2.45) is 5.84 Å². The Kier molecular flexibility index (Phi) is 4.11. The summed E-state index contributed by atoms with van der Waals surface area (Å²) in [4.78, 5) is 14.2. The van der Waals surface area contributed by atoms with Gasteiger partial charge in [0.2, 0.25) is 0 Å². The number of nitrogen functional groups attached to an aromatic ring is 1. The van der Waals surface area contributed by atoms with Crippen LogP contribution in [0.2, 0.25) is 0 Å². The number of nitrogens with one attached hydrogen (secondary N) is 2. The van der Waals surface area contributed by atoms with Crippen LogP contribution < -0.4 is 16.6 Å². The lowest BCUT2D eigenvalue weighted by Gasteiger charge is -2.08. The van der Waals surface area contributed by atoms with Gasteiger partial charge in [0.25, 0.3) is 5.69 Å². The Hall–Kier alpha value is -2.26. The molecule has 0 bridgehead atoms. The first kappa shape index (κ1) is 14.2. The monoisotopic (exact) mass is 341 g/mol. The number of benzene rings is 1. The van der Waals surface area contributed by atoms with E-state index in [0.717, 1.165) is 0 Å². The summed E-state index contributed by atoms with van der Waals surface area (Å²) in [6, 6.07) is 6.63. The van der Waals surface area contributed by atoms with E-state index >= 15 is 0 Å². The number of nitrogens with two attached hydrogens (primary N) is 1. The summed E-state index contributed by atoms with van der Waals surface area (Å²) in [6.45, 7) is 0. The predicted octanol–water partition coefficient (Wildman–Crippen LogP) is 2.92. The highest BCUT2D eigenvalue weighted by molar-refractivity contribution is 9.10. The third-order valence-electron chi connectivity index (χ3n) is 2.36. The van der Waals surface area contributed by atoms with Crippen molar-refractivity contribution in [3.63, 3.8) is 0 Å². The van der Waals surface area contributed by atoms with E-state index in [0.29, 0.717) is 4.47 Å². The zero-order chi connectivity index (χ0) is 14.7. The van der Waals surface area contributed by atoms with Crippen LogP contribution in [-0.4, -0.2) is 9.91 Å². The molecule has 20 heavy (non-hydrogen) atoms. The van der Waals surface area contributed by atoms with Gasteiger partial charge in [0, 0.05) is 4.47 Å². The Bertz CT molecular complexity index is 667. The van der Waals surface area contributed by atoms with Crippen LogP contribution in [0, 0.1) is 15.9 Å². The summed E-state index contributed by atoms with van der Waals surface area (Å²) in [7, 11) is 0. The van der Waals surface area contributed by atoms with Crippen molar-refractivity contribution in [3.05, 3.63) is 50.7 Å². The minimum atomic E-state index is -0.592. The molecule has 9 heteroatoms. The largest absolute Gasteiger partial charge is 0.338 e. The molecule has 0 fully saturated rings. The Balaban J connectivity index is 2.39. The molecule has 1 aromatic carbocycles. The van der Waals surface area contributed by atoms with E-state index in [4.69, 9.17) is 5.84 Å². The van der Waals surface area contributed by atoms with E-state index in [9.17, 15) is 14.5 Å². The Morgan fingerprint density at radius 3 is 2.65 bits per heavy atom. The van der Waals surface area contributed by atoms with Crippen molar-refractivity contribution in [2.75, 3.05) is 10.7 Å². The highest BCUT2D eigenvalue weighted by Gasteiger charge is 2.12. The second-order valence-corrected chi connectivity index (χ2v) is 4.66. The fourth-order valence-corrected chi connectivity index (χ4v) is 1.85. The van der Waals surface area contributed by atoms with Gasteiger partial charge >= 0.3 is 0 Å². The molecule has 0 aliphatic carbocycles. The lowest BCUT2D eigenvalue weighted by atomic mass is 10.3. The van der Waals surface area contributed by atoms with Gasteiger partial charge < -0.3 is 10.7 Å². The van der Waals surface area contributed by atoms with Crippen molar-refractivity contribution in [2.45, 2.75) is 0 Å². The molecule has 0 radical (unpaired) electrons. The first-order valence-corrected chi connectivity index (χ1v) is 6.14. The third kappa shape index (κ3) is 3.19. The van der Waals surface area contributed by atoms with Crippen LogP contribution >= 0.6 is 15.9 Å². The third-order valence-corrected chi connectivity index (χ3v) is 2.85. The van der Waals surface area contributed by atoms with E-state index in [-0.39, 0.29) is 23.0 Å². The van der Waals surface area contributed by atoms with Gasteiger partial charge in [-0.1, -0.05) is 15.9 Å². The first-order chi connectivity index (χ1) is 9.49. The summed E-state index contributed by atoms with van der Waals surface area (Å²) in [5.41, 5.74) is 2.13. The van der Waals surface area contributed by atoms with Crippen LogP contribution in [-0.2, 0) is 0 Å². The Labute approximate surface area is 121 Å². The number of pyridine rings is 1. The summed E-state index contributed by atoms with van der Waals surface area (Å²) in [5, 5.41) is 13.5. The molecule has 1 heterocycles. The summed E-state index contributed by atoms with van der Waals surface area (Å²) in [6.07, 6.45) is 0. The standard InChI is InChI=1S/C11H9BrFN5O2/c12-6-1-2-8(13)9(3-6)15-10-4-7(18(19)20)5-11(16-10)17-14/h1-5H,14H2,(H2,15,16,17). The minimum absolute atomic E-state index is 0.0945. The maximum Gasteiger partial charge on any atom is 0.276 e. The maximum atomic E-state index is 13.6. The molecule has 104 valence electrons. The average Bonchev–Trinajstić information content (AvgIpc) is 2.42. The van der Waals surface area contributed by atoms with E-state index in [2.05, 4.69) is 31.7 Å². The van der Waals surface area contributed by atoms with Gasteiger partial charge in [-0.2, -0.15) is 0 Å². The summed E-state index contributed by atoms with van der Waals surface area (Å²) < 4.78 is 14.3. The Morgan fingerprint density at radius 1 is 1.30 bits per heavy atom. The second-order valence-electron chi connectivity index (χ2n) is 3.75. The van der Waals surface area contributed by atoms with Crippen LogP contribution in [0.25, 0.3) is 0 Å². The number of nitro groups is 1. The first-order valence-electron chi connectivity index (χ1n) is 5.35. The van der Waals surface area contributed by atoms with Gasteiger partial charge in [-0.25, -0.2) is 15.2 Å². The van der Waals surface area contributed by atoms with Crippen LogP contribution in [0.15, 0.2) is 34.8 Å². The smallest absolute Gasteiger partial charge is 0.276 e. The molecule has 0 amide bonds. The molecule has 0 atom stereocenters. The van der Waals surface area contributed by atoms with Crippen molar-refractivity contribution in [1.29, 1.82) is 0 Å². The number of nitrogens with zero attached hydrogens (tertiary/aromatic N) is 2. The van der Waals surface area contributed by atoms with Gasteiger partial charge in [-0.05, 0) is 18.2 Å². The topological polar surface area (TPSA) is 106 Å². The molecule has 1 aromatic heterocycles. The molecule has 0 saturated heterocycles. The summed E-state index contributed by atoms with van der Waals surface area (Å²) >= 11 is 3.21. The van der Waals surface area contributed by atoms with Crippen molar-refractivity contribution in [3.8, 4) is 0 Å². The number of halogens is 2. The molecule has 0 spiro atoms. The van der Waals surface area contributed by atoms with Gasteiger partial charge in [0.15, 0.2) is 0 Å². The van der Waals surface area contributed by atoms with E-state index in [1.807, 2.05) is 0 Å². The number of aromatic nitrogens is 1. The van der Waals surface area contributed by atoms with Gasteiger partial charge in [0.1, 0.15) is 17.5 Å². The van der Waals surface area contributed by atoms with Crippen molar-refractivity contribution in [1.82, 2.24) is 4.98 Å². The van der Waals surface area contributed by atoms with Crippen molar-refractivity contribution < 1.29 is 9.31 Å². The molecular weight excluding hydrogens is 333 g/mol. The fraction of sp³-hybridized carbons (Fsp3) is 0. The van der Waals surface area contributed by atoms with Crippen LogP contribution in [0.5, 0.6) is 0 Å². The molecule has 2 aromatic rings. The normalized spacial score (nSPS) is 10.2. The van der Waals surface area contributed by atoms with E-state index < -0.39 is 10.7 Å². The number of anilines is 3. The fourth-order valence-electron chi connectivity index (χ4n) is 1.49. The SMILES string of the molecule is NNc1cc([N+](=O)[O-])cc(Nc2cc(Br)ccc2F)n1. The molecule has 2 rings (SSSR count). The average molecular weight is 342 g/mol. The van der Waals surface area contributed by atoms with E-state index in [1.54, 1.807) is 0 Å². The molecule has 0 saturated carbocycles. The Morgan fingerprint density at radius 2 is 2.00 bits per heavy atom. The summed E-state index contributed by atoms with van der Waals surface area (Å²) in [5.74, 6) is 4.88. The minimum Gasteiger partial charge on any atom is -0.338 e. The van der Waals surface area contributed by atoms with Gasteiger partial charge in [-0.15, -0.1) is 0 Å². The second kappa shape index (κ2) is 5.80.